The molecule has 0 unspecified atom stereocenters. The summed E-state index contributed by atoms with van der Waals surface area (Å²) in [7, 11) is 0. The highest BCUT2D eigenvalue weighted by Crippen LogP contribution is 2.11. The lowest BCUT2D eigenvalue weighted by molar-refractivity contribution is -0.121. The molecule has 0 aliphatic carbocycles. The second-order valence-electron chi connectivity index (χ2n) is 5.94. The lowest BCUT2D eigenvalue weighted by Gasteiger charge is -2.15. The van der Waals surface area contributed by atoms with Crippen molar-refractivity contribution in [1.82, 2.24) is 5.32 Å². The van der Waals surface area contributed by atoms with Gasteiger partial charge in [0.15, 0.2) is 0 Å². The van der Waals surface area contributed by atoms with Gasteiger partial charge in [-0.1, -0.05) is 48.9 Å². The number of carbonyl (C=O) groups excluding carboxylic acids is 1. The molecule has 122 valence electrons. The average Bonchev–Trinajstić information content (AvgIpc) is 2.55. The SMILES string of the molecule is CCc1ccc(CC(=O)N[C@H](C)COc2ccc(C)cc2)cc1. The zero-order valence-electron chi connectivity index (χ0n) is 14.1. The van der Waals surface area contributed by atoms with E-state index in [-0.39, 0.29) is 11.9 Å². The second kappa shape index (κ2) is 8.37. The monoisotopic (exact) mass is 311 g/mol. The number of hydrogen-bond acceptors (Lipinski definition) is 2. The molecule has 23 heavy (non-hydrogen) atoms. The Morgan fingerprint density at radius 2 is 1.65 bits per heavy atom. The molecule has 0 aromatic heterocycles. The third-order valence-corrected chi connectivity index (χ3v) is 3.72. The van der Waals surface area contributed by atoms with Crippen molar-refractivity contribution in [3.8, 4) is 5.75 Å². The number of nitrogens with one attached hydrogen (secondary N) is 1. The van der Waals surface area contributed by atoms with Gasteiger partial charge < -0.3 is 10.1 Å². The van der Waals surface area contributed by atoms with E-state index in [0.29, 0.717) is 13.0 Å². The molecule has 3 heteroatoms. The average molecular weight is 311 g/mol. The number of benzene rings is 2. The van der Waals surface area contributed by atoms with Gasteiger partial charge in [0.1, 0.15) is 12.4 Å². The van der Waals surface area contributed by atoms with Crippen LogP contribution in [-0.2, 0) is 17.6 Å². The summed E-state index contributed by atoms with van der Waals surface area (Å²) in [6.45, 7) is 6.58. The first-order chi connectivity index (χ1) is 11.1. The molecule has 1 amide bonds. The highest BCUT2D eigenvalue weighted by atomic mass is 16.5. The van der Waals surface area contributed by atoms with Gasteiger partial charge in [-0.2, -0.15) is 0 Å². The molecule has 0 saturated heterocycles. The molecular formula is C20H25NO2. The molecule has 2 aromatic carbocycles. The number of aryl methyl sites for hydroxylation is 2. The first-order valence-electron chi connectivity index (χ1n) is 8.13. The van der Waals surface area contributed by atoms with Crippen LogP contribution in [0.2, 0.25) is 0 Å². The van der Waals surface area contributed by atoms with Crippen LogP contribution in [0.1, 0.15) is 30.5 Å². The molecule has 0 radical (unpaired) electrons. The lowest BCUT2D eigenvalue weighted by atomic mass is 10.1. The fraction of sp³-hybridized carbons (Fsp3) is 0.350. The maximum absolute atomic E-state index is 12.1. The standard InChI is InChI=1S/C20H25NO2/c1-4-17-7-9-18(10-8-17)13-20(22)21-16(3)14-23-19-11-5-15(2)6-12-19/h5-12,16H,4,13-14H2,1-3H3,(H,21,22)/t16-/m1/s1. The summed E-state index contributed by atoms with van der Waals surface area (Å²) >= 11 is 0. The van der Waals surface area contributed by atoms with Crippen molar-refractivity contribution in [2.45, 2.75) is 39.7 Å². The maximum Gasteiger partial charge on any atom is 0.224 e. The van der Waals surface area contributed by atoms with Crippen LogP contribution in [0.5, 0.6) is 5.75 Å². The molecule has 2 rings (SSSR count). The Hall–Kier alpha value is -2.29. The van der Waals surface area contributed by atoms with E-state index in [9.17, 15) is 4.79 Å². The van der Waals surface area contributed by atoms with E-state index in [1.54, 1.807) is 0 Å². The van der Waals surface area contributed by atoms with Crippen molar-refractivity contribution in [2.75, 3.05) is 6.61 Å². The lowest BCUT2D eigenvalue weighted by Crippen LogP contribution is -2.37. The molecule has 0 heterocycles. The molecule has 0 bridgehead atoms. The van der Waals surface area contributed by atoms with E-state index < -0.39 is 0 Å². The predicted molar refractivity (Wildman–Crippen MR) is 93.8 cm³/mol. The van der Waals surface area contributed by atoms with Gasteiger partial charge in [0.05, 0.1) is 12.5 Å². The minimum absolute atomic E-state index is 0.0225. The summed E-state index contributed by atoms with van der Waals surface area (Å²) in [5.41, 5.74) is 3.52. The smallest absolute Gasteiger partial charge is 0.224 e. The number of rotatable bonds is 7. The molecule has 2 aromatic rings. The minimum Gasteiger partial charge on any atom is -0.491 e. The molecule has 0 aliphatic rings. The first-order valence-corrected chi connectivity index (χ1v) is 8.13. The van der Waals surface area contributed by atoms with E-state index in [1.165, 1.54) is 11.1 Å². The summed E-state index contributed by atoms with van der Waals surface area (Å²) in [5.74, 6) is 0.848. The van der Waals surface area contributed by atoms with Crippen LogP contribution in [-0.4, -0.2) is 18.6 Å². The number of carbonyl (C=O) groups is 1. The summed E-state index contributed by atoms with van der Waals surface area (Å²) in [6, 6.07) is 16.1. The third kappa shape index (κ3) is 5.78. The molecule has 0 saturated carbocycles. The van der Waals surface area contributed by atoms with Gasteiger partial charge in [-0.05, 0) is 43.5 Å². The Labute approximate surface area is 138 Å². The molecule has 3 nitrogen and oxygen atoms in total. The number of hydrogen-bond donors (Lipinski definition) is 1. The van der Waals surface area contributed by atoms with Crippen LogP contribution in [0, 0.1) is 6.92 Å². The van der Waals surface area contributed by atoms with Crippen LogP contribution < -0.4 is 10.1 Å². The maximum atomic E-state index is 12.1. The van der Waals surface area contributed by atoms with E-state index in [4.69, 9.17) is 4.74 Å². The van der Waals surface area contributed by atoms with Crippen molar-refractivity contribution >= 4 is 5.91 Å². The second-order valence-corrected chi connectivity index (χ2v) is 5.94. The van der Waals surface area contributed by atoms with Crippen molar-refractivity contribution in [3.05, 3.63) is 65.2 Å². The molecule has 0 spiro atoms. The molecule has 1 atom stereocenters. The van der Waals surface area contributed by atoms with Crippen molar-refractivity contribution < 1.29 is 9.53 Å². The first kappa shape index (κ1) is 17.1. The van der Waals surface area contributed by atoms with Gasteiger partial charge >= 0.3 is 0 Å². The quantitative estimate of drug-likeness (QED) is 0.847. The highest BCUT2D eigenvalue weighted by Gasteiger charge is 2.09. The summed E-state index contributed by atoms with van der Waals surface area (Å²) in [5, 5.41) is 2.97. The van der Waals surface area contributed by atoms with E-state index >= 15 is 0 Å². The van der Waals surface area contributed by atoms with Gasteiger partial charge in [0.25, 0.3) is 0 Å². The van der Waals surface area contributed by atoms with Crippen LogP contribution >= 0.6 is 0 Å². The Kier molecular flexibility index (Phi) is 6.21. The van der Waals surface area contributed by atoms with Crippen LogP contribution in [0.3, 0.4) is 0 Å². The van der Waals surface area contributed by atoms with E-state index in [2.05, 4.69) is 24.4 Å². The fourth-order valence-corrected chi connectivity index (χ4v) is 2.30. The minimum atomic E-state index is -0.0290. The zero-order chi connectivity index (χ0) is 16.7. The van der Waals surface area contributed by atoms with Gasteiger partial charge in [-0.3, -0.25) is 4.79 Å². The van der Waals surface area contributed by atoms with Crippen LogP contribution in [0.25, 0.3) is 0 Å². The normalized spacial score (nSPS) is 11.8. The van der Waals surface area contributed by atoms with Crippen LogP contribution in [0.4, 0.5) is 0 Å². The van der Waals surface area contributed by atoms with Gasteiger partial charge in [-0.25, -0.2) is 0 Å². The van der Waals surface area contributed by atoms with Crippen molar-refractivity contribution in [3.63, 3.8) is 0 Å². The van der Waals surface area contributed by atoms with Gasteiger partial charge in [0.2, 0.25) is 5.91 Å². The van der Waals surface area contributed by atoms with Crippen molar-refractivity contribution in [2.24, 2.45) is 0 Å². The van der Waals surface area contributed by atoms with Crippen molar-refractivity contribution in [1.29, 1.82) is 0 Å². The Morgan fingerprint density at radius 1 is 1.04 bits per heavy atom. The summed E-state index contributed by atoms with van der Waals surface area (Å²) in [6.07, 6.45) is 1.42. The largest absolute Gasteiger partial charge is 0.491 e. The van der Waals surface area contributed by atoms with Crippen LogP contribution in [0.15, 0.2) is 48.5 Å². The highest BCUT2D eigenvalue weighted by molar-refractivity contribution is 5.78. The van der Waals surface area contributed by atoms with E-state index in [0.717, 1.165) is 17.7 Å². The summed E-state index contributed by atoms with van der Waals surface area (Å²) in [4.78, 5) is 12.1. The molecule has 0 aliphatic heterocycles. The van der Waals surface area contributed by atoms with Gasteiger partial charge in [-0.15, -0.1) is 0 Å². The number of ether oxygens (including phenoxy) is 1. The fourth-order valence-electron chi connectivity index (χ4n) is 2.30. The zero-order valence-corrected chi connectivity index (χ0v) is 14.1. The molecule has 0 fully saturated rings. The summed E-state index contributed by atoms with van der Waals surface area (Å²) < 4.78 is 5.69. The Bertz CT molecular complexity index is 617. The third-order valence-electron chi connectivity index (χ3n) is 3.72. The topological polar surface area (TPSA) is 38.3 Å². The molecular weight excluding hydrogens is 286 g/mol. The van der Waals surface area contributed by atoms with Gasteiger partial charge in [0, 0.05) is 0 Å². The predicted octanol–water partition coefficient (Wildman–Crippen LogP) is 3.68. The Balaban J connectivity index is 1.76. The Morgan fingerprint density at radius 3 is 2.26 bits per heavy atom. The molecule has 1 N–H and O–H groups in total. The van der Waals surface area contributed by atoms with E-state index in [1.807, 2.05) is 50.2 Å². The number of amides is 1.